The summed E-state index contributed by atoms with van der Waals surface area (Å²) in [4.78, 5) is 0. The van der Waals surface area contributed by atoms with Gasteiger partial charge in [-0.15, -0.1) is 0 Å². The highest BCUT2D eigenvalue weighted by molar-refractivity contribution is 5.76. The number of nitrogens with zero attached hydrogens (tertiary/aromatic N) is 1. The maximum atomic E-state index is 6.08. The van der Waals surface area contributed by atoms with Crippen molar-refractivity contribution >= 4 is 5.88 Å². The lowest BCUT2D eigenvalue weighted by Gasteiger charge is -2.13. The van der Waals surface area contributed by atoms with E-state index in [1.807, 2.05) is 0 Å². The first-order valence-electron chi connectivity index (χ1n) is 7.99. The second-order valence-electron chi connectivity index (χ2n) is 6.29. The Morgan fingerprint density at radius 3 is 2.43 bits per heavy atom. The van der Waals surface area contributed by atoms with Crippen molar-refractivity contribution in [2.24, 2.45) is 0 Å². The lowest BCUT2D eigenvalue weighted by molar-refractivity contribution is 0.413. The van der Waals surface area contributed by atoms with Crippen molar-refractivity contribution in [2.75, 3.05) is 5.73 Å². The summed E-state index contributed by atoms with van der Waals surface area (Å²) in [6, 6.07) is 6.47. The molecule has 0 spiro atoms. The zero-order valence-corrected chi connectivity index (χ0v) is 13.0. The maximum absolute atomic E-state index is 6.08. The summed E-state index contributed by atoms with van der Waals surface area (Å²) in [6.07, 6.45) is 7.63. The Kier molecular flexibility index (Phi) is 4.00. The molecule has 1 fully saturated rings. The zero-order chi connectivity index (χ0) is 14.8. The normalized spacial score (nSPS) is 16.9. The number of aromatic nitrogens is 1. The van der Waals surface area contributed by atoms with Gasteiger partial charge in [0.2, 0.25) is 5.88 Å². The summed E-state index contributed by atoms with van der Waals surface area (Å²) in [5.41, 5.74) is 11.9. The molecular weight excluding hydrogens is 260 g/mol. The highest BCUT2D eigenvalue weighted by Crippen LogP contribution is 2.39. The molecule has 1 aliphatic rings. The topological polar surface area (TPSA) is 52.0 Å². The fourth-order valence-corrected chi connectivity index (χ4v) is 3.33. The van der Waals surface area contributed by atoms with E-state index in [-0.39, 0.29) is 0 Å². The standard InChI is InChI=1S/C18H24N2O/c1-12-9-10-15(11-13(12)2)16-17(20-21-18(16)19)14-7-5-3-4-6-8-14/h9-11,14H,3-8,19H2,1-2H3. The predicted octanol–water partition coefficient (Wildman–Crippen LogP) is 4.98. The Balaban J connectivity index is 2.01. The zero-order valence-electron chi connectivity index (χ0n) is 13.0. The van der Waals surface area contributed by atoms with E-state index < -0.39 is 0 Å². The molecule has 112 valence electrons. The minimum absolute atomic E-state index is 0.456. The van der Waals surface area contributed by atoms with Crippen LogP contribution < -0.4 is 5.73 Å². The van der Waals surface area contributed by atoms with Gasteiger partial charge in [-0.1, -0.05) is 49.0 Å². The summed E-state index contributed by atoms with van der Waals surface area (Å²) >= 11 is 0. The minimum atomic E-state index is 0.456. The molecule has 0 saturated heterocycles. The summed E-state index contributed by atoms with van der Waals surface area (Å²) in [7, 11) is 0. The van der Waals surface area contributed by atoms with E-state index in [1.165, 1.54) is 49.7 Å². The molecule has 0 radical (unpaired) electrons. The monoisotopic (exact) mass is 284 g/mol. The average Bonchev–Trinajstić information content (AvgIpc) is 2.69. The van der Waals surface area contributed by atoms with Crippen LogP contribution in [-0.2, 0) is 0 Å². The minimum Gasteiger partial charge on any atom is -0.367 e. The van der Waals surface area contributed by atoms with Crippen molar-refractivity contribution in [2.45, 2.75) is 58.3 Å². The van der Waals surface area contributed by atoms with E-state index >= 15 is 0 Å². The van der Waals surface area contributed by atoms with Gasteiger partial charge in [0, 0.05) is 5.92 Å². The highest BCUT2D eigenvalue weighted by Gasteiger charge is 2.24. The molecule has 0 atom stereocenters. The molecule has 0 amide bonds. The molecule has 21 heavy (non-hydrogen) atoms. The van der Waals surface area contributed by atoms with Crippen molar-refractivity contribution in [1.82, 2.24) is 5.16 Å². The second kappa shape index (κ2) is 5.92. The van der Waals surface area contributed by atoms with Crippen molar-refractivity contribution in [3.05, 3.63) is 35.0 Å². The predicted molar refractivity (Wildman–Crippen MR) is 86.3 cm³/mol. The Bertz CT molecular complexity index is 622. The second-order valence-corrected chi connectivity index (χ2v) is 6.29. The van der Waals surface area contributed by atoms with Crippen molar-refractivity contribution in [3.8, 4) is 11.1 Å². The van der Waals surface area contributed by atoms with E-state index in [0.717, 1.165) is 16.8 Å². The molecule has 3 rings (SSSR count). The molecule has 3 heteroatoms. The fourth-order valence-electron chi connectivity index (χ4n) is 3.33. The summed E-state index contributed by atoms with van der Waals surface area (Å²) in [5.74, 6) is 0.947. The fraction of sp³-hybridized carbons (Fsp3) is 0.500. The van der Waals surface area contributed by atoms with Gasteiger partial charge in [-0.3, -0.25) is 0 Å². The summed E-state index contributed by atoms with van der Waals surface area (Å²) < 4.78 is 5.34. The molecule has 1 aromatic heterocycles. The van der Waals surface area contributed by atoms with Crippen molar-refractivity contribution in [3.63, 3.8) is 0 Å². The largest absolute Gasteiger partial charge is 0.367 e. The Labute approximate surface area is 126 Å². The Hall–Kier alpha value is -1.77. The van der Waals surface area contributed by atoms with Crippen LogP contribution in [0.25, 0.3) is 11.1 Å². The van der Waals surface area contributed by atoms with Crippen LogP contribution in [0, 0.1) is 13.8 Å². The first-order valence-corrected chi connectivity index (χ1v) is 7.99. The molecular formula is C18H24N2O. The number of anilines is 1. The SMILES string of the molecule is Cc1ccc(-c2c(C3CCCCCC3)noc2N)cc1C. The number of benzene rings is 1. The maximum Gasteiger partial charge on any atom is 0.230 e. The third kappa shape index (κ3) is 2.82. The van der Waals surface area contributed by atoms with E-state index in [9.17, 15) is 0 Å². The lowest BCUT2D eigenvalue weighted by atomic mass is 9.90. The molecule has 1 aromatic carbocycles. The van der Waals surface area contributed by atoms with Crippen molar-refractivity contribution < 1.29 is 4.52 Å². The van der Waals surface area contributed by atoms with Crippen LogP contribution >= 0.6 is 0 Å². The average molecular weight is 284 g/mol. The Morgan fingerprint density at radius 2 is 1.76 bits per heavy atom. The molecule has 2 aromatic rings. The highest BCUT2D eigenvalue weighted by atomic mass is 16.5. The number of hydrogen-bond acceptors (Lipinski definition) is 3. The quantitative estimate of drug-likeness (QED) is 0.791. The van der Waals surface area contributed by atoms with Gasteiger partial charge in [0.15, 0.2) is 0 Å². The lowest BCUT2D eigenvalue weighted by Crippen LogP contribution is -2.00. The van der Waals surface area contributed by atoms with Gasteiger partial charge in [0.1, 0.15) is 0 Å². The summed E-state index contributed by atoms with van der Waals surface area (Å²) in [5, 5.41) is 4.31. The Morgan fingerprint density at radius 1 is 1.05 bits per heavy atom. The summed E-state index contributed by atoms with van der Waals surface area (Å²) in [6.45, 7) is 4.26. The van der Waals surface area contributed by atoms with Gasteiger partial charge in [-0.05, 0) is 43.4 Å². The molecule has 0 unspecified atom stereocenters. The van der Waals surface area contributed by atoms with E-state index in [2.05, 4.69) is 37.2 Å². The number of hydrogen-bond donors (Lipinski definition) is 1. The molecule has 0 aliphatic heterocycles. The van der Waals surface area contributed by atoms with Crippen LogP contribution in [0.15, 0.2) is 22.7 Å². The number of rotatable bonds is 2. The van der Waals surface area contributed by atoms with Gasteiger partial charge in [-0.2, -0.15) is 0 Å². The van der Waals surface area contributed by atoms with Crippen LogP contribution in [0.3, 0.4) is 0 Å². The van der Waals surface area contributed by atoms with E-state index in [1.54, 1.807) is 0 Å². The van der Waals surface area contributed by atoms with Gasteiger partial charge >= 0.3 is 0 Å². The van der Waals surface area contributed by atoms with Gasteiger partial charge < -0.3 is 10.3 Å². The molecule has 2 N–H and O–H groups in total. The molecule has 0 bridgehead atoms. The van der Waals surface area contributed by atoms with Gasteiger partial charge in [-0.25, -0.2) is 0 Å². The number of aryl methyl sites for hydroxylation is 2. The van der Waals surface area contributed by atoms with Crippen LogP contribution in [0.2, 0.25) is 0 Å². The number of nitrogen functional groups attached to an aromatic ring is 1. The molecule has 3 nitrogen and oxygen atoms in total. The van der Waals surface area contributed by atoms with Crippen LogP contribution in [0.5, 0.6) is 0 Å². The van der Waals surface area contributed by atoms with Crippen molar-refractivity contribution in [1.29, 1.82) is 0 Å². The first-order chi connectivity index (χ1) is 10.2. The van der Waals surface area contributed by atoms with Gasteiger partial charge in [0.25, 0.3) is 0 Å². The molecule has 1 saturated carbocycles. The molecule has 1 heterocycles. The first kappa shape index (κ1) is 14.2. The molecule has 1 aliphatic carbocycles. The van der Waals surface area contributed by atoms with Gasteiger partial charge in [0.05, 0.1) is 11.3 Å². The van der Waals surface area contributed by atoms with Crippen LogP contribution in [0.4, 0.5) is 5.88 Å². The van der Waals surface area contributed by atoms with Crippen LogP contribution in [-0.4, -0.2) is 5.16 Å². The smallest absolute Gasteiger partial charge is 0.230 e. The van der Waals surface area contributed by atoms with E-state index in [0.29, 0.717) is 11.8 Å². The third-order valence-corrected chi connectivity index (χ3v) is 4.78. The number of nitrogens with two attached hydrogens (primary N) is 1. The third-order valence-electron chi connectivity index (χ3n) is 4.78. The van der Waals surface area contributed by atoms with E-state index in [4.69, 9.17) is 10.3 Å². The van der Waals surface area contributed by atoms with Crippen LogP contribution in [0.1, 0.15) is 61.3 Å².